The Hall–Kier alpha value is -1.62. The number of aryl methyl sites for hydroxylation is 2. The molecule has 0 aliphatic heterocycles. The van der Waals surface area contributed by atoms with Crippen LogP contribution >= 0.6 is 12.2 Å². The van der Waals surface area contributed by atoms with Crippen LogP contribution in [0.1, 0.15) is 57.6 Å². The van der Waals surface area contributed by atoms with E-state index in [9.17, 15) is 4.79 Å². The minimum absolute atomic E-state index is 0.0474. The highest BCUT2D eigenvalue weighted by Crippen LogP contribution is 2.29. The molecule has 1 amide bonds. The molecule has 1 saturated carbocycles. The molecule has 25 heavy (non-hydrogen) atoms. The maximum atomic E-state index is 12.0. The van der Waals surface area contributed by atoms with E-state index in [0.29, 0.717) is 29.4 Å². The molecule has 5 heteroatoms. The van der Waals surface area contributed by atoms with Gasteiger partial charge in [-0.15, -0.1) is 0 Å². The van der Waals surface area contributed by atoms with Gasteiger partial charge < -0.3 is 5.32 Å². The van der Waals surface area contributed by atoms with Gasteiger partial charge in [-0.1, -0.05) is 57.9 Å². The van der Waals surface area contributed by atoms with Crippen molar-refractivity contribution in [2.24, 2.45) is 11.8 Å². The van der Waals surface area contributed by atoms with Crippen molar-refractivity contribution in [3.63, 3.8) is 0 Å². The number of hydrogen-bond donors (Lipinski definition) is 3. The molecule has 0 radical (unpaired) electrons. The molecule has 0 heterocycles. The van der Waals surface area contributed by atoms with E-state index in [4.69, 9.17) is 12.2 Å². The van der Waals surface area contributed by atoms with Crippen LogP contribution in [0.25, 0.3) is 0 Å². The van der Waals surface area contributed by atoms with Gasteiger partial charge in [-0.3, -0.25) is 15.6 Å². The fraction of sp³-hybridized carbons (Fsp3) is 0.600. The molecular formula is C20H31N3OS. The van der Waals surface area contributed by atoms with Gasteiger partial charge in [0.2, 0.25) is 5.91 Å². The summed E-state index contributed by atoms with van der Waals surface area (Å²) in [7, 11) is 0. The Balaban J connectivity index is 1.67. The van der Waals surface area contributed by atoms with Crippen molar-refractivity contribution in [2.45, 2.75) is 65.3 Å². The van der Waals surface area contributed by atoms with Gasteiger partial charge >= 0.3 is 0 Å². The fourth-order valence-corrected chi connectivity index (χ4v) is 3.58. The first kappa shape index (κ1) is 19.7. The van der Waals surface area contributed by atoms with Crippen LogP contribution in [0.15, 0.2) is 24.3 Å². The molecule has 1 aliphatic rings. The van der Waals surface area contributed by atoms with E-state index in [1.165, 1.54) is 24.0 Å². The molecule has 0 spiro atoms. The third-order valence-electron chi connectivity index (χ3n) is 5.41. The van der Waals surface area contributed by atoms with Crippen LogP contribution in [0, 0.1) is 11.8 Å². The van der Waals surface area contributed by atoms with Gasteiger partial charge in [0.1, 0.15) is 0 Å². The van der Waals surface area contributed by atoms with Crippen molar-refractivity contribution in [1.82, 2.24) is 16.2 Å². The Morgan fingerprint density at radius 2 is 1.80 bits per heavy atom. The minimum Gasteiger partial charge on any atom is -0.358 e. The molecular weight excluding hydrogens is 330 g/mol. The van der Waals surface area contributed by atoms with Gasteiger partial charge in [0, 0.05) is 12.5 Å². The van der Waals surface area contributed by atoms with E-state index < -0.39 is 0 Å². The number of thiocarbonyl (C=S) groups is 1. The Morgan fingerprint density at radius 3 is 2.48 bits per heavy atom. The molecule has 4 nitrogen and oxygen atoms in total. The maximum absolute atomic E-state index is 12.0. The zero-order chi connectivity index (χ0) is 18.2. The average Bonchev–Trinajstić information content (AvgIpc) is 2.62. The van der Waals surface area contributed by atoms with E-state index in [0.717, 1.165) is 19.3 Å². The lowest BCUT2D eigenvalue weighted by atomic mass is 9.78. The molecule has 1 aliphatic carbocycles. The largest absolute Gasteiger partial charge is 0.358 e. The predicted molar refractivity (Wildman–Crippen MR) is 107 cm³/mol. The summed E-state index contributed by atoms with van der Waals surface area (Å²) in [6.07, 6.45) is 5.86. The monoisotopic (exact) mass is 361 g/mol. The zero-order valence-electron chi connectivity index (χ0n) is 15.6. The van der Waals surface area contributed by atoms with Crippen molar-refractivity contribution < 1.29 is 4.79 Å². The Kier molecular flexibility index (Phi) is 7.69. The van der Waals surface area contributed by atoms with E-state index in [2.05, 4.69) is 61.2 Å². The normalized spacial score (nSPS) is 22.9. The van der Waals surface area contributed by atoms with Gasteiger partial charge in [0.15, 0.2) is 5.11 Å². The summed E-state index contributed by atoms with van der Waals surface area (Å²) >= 11 is 5.31. The Morgan fingerprint density at radius 1 is 1.12 bits per heavy atom. The first-order chi connectivity index (χ1) is 12.0. The second-order valence-electron chi connectivity index (χ2n) is 7.19. The summed E-state index contributed by atoms with van der Waals surface area (Å²) in [5, 5.41) is 3.85. The summed E-state index contributed by atoms with van der Waals surface area (Å²) in [6.45, 7) is 6.70. The van der Waals surface area contributed by atoms with E-state index >= 15 is 0 Å². The van der Waals surface area contributed by atoms with Crippen LogP contribution in [-0.4, -0.2) is 17.1 Å². The standard InChI is InChI=1S/C20H31N3OS/c1-4-16-8-10-17(11-9-16)12-13-19(24)22-23-20(25)21-18-7-5-6-14(2)15(18)3/h8-11,14-15,18H,4-7,12-13H2,1-3H3,(H,22,24)(H2,21,23,25)/t14-,15-,18+/m0/s1. The van der Waals surface area contributed by atoms with Crippen molar-refractivity contribution in [3.8, 4) is 0 Å². The molecule has 0 bridgehead atoms. The fourth-order valence-electron chi connectivity index (χ4n) is 3.38. The van der Waals surface area contributed by atoms with Gasteiger partial charge in [-0.2, -0.15) is 0 Å². The van der Waals surface area contributed by atoms with E-state index in [1.54, 1.807) is 0 Å². The topological polar surface area (TPSA) is 53.2 Å². The van der Waals surface area contributed by atoms with Gasteiger partial charge in [0.05, 0.1) is 0 Å². The van der Waals surface area contributed by atoms with Gasteiger partial charge in [0.25, 0.3) is 0 Å². The third-order valence-corrected chi connectivity index (χ3v) is 5.63. The molecule has 1 aromatic carbocycles. The first-order valence-corrected chi connectivity index (χ1v) is 9.83. The number of hydrazine groups is 1. The quantitative estimate of drug-likeness (QED) is 0.555. The molecule has 1 aromatic rings. The SMILES string of the molecule is CCc1ccc(CCC(=O)NNC(=S)N[C@@H]2CCC[C@H](C)[C@@H]2C)cc1. The molecule has 0 aromatic heterocycles. The summed E-state index contributed by atoms with van der Waals surface area (Å²) in [4.78, 5) is 12.0. The van der Waals surface area contributed by atoms with Crippen molar-refractivity contribution in [2.75, 3.05) is 0 Å². The summed E-state index contributed by atoms with van der Waals surface area (Å²) < 4.78 is 0. The van der Waals surface area contributed by atoms with Crippen molar-refractivity contribution >= 4 is 23.2 Å². The lowest BCUT2D eigenvalue weighted by Gasteiger charge is -2.35. The number of nitrogens with one attached hydrogen (secondary N) is 3. The van der Waals surface area contributed by atoms with Crippen LogP contribution in [-0.2, 0) is 17.6 Å². The Bertz CT molecular complexity index is 573. The highest BCUT2D eigenvalue weighted by atomic mass is 32.1. The number of hydrogen-bond acceptors (Lipinski definition) is 2. The number of carbonyl (C=O) groups is 1. The van der Waals surface area contributed by atoms with Crippen LogP contribution in [0.4, 0.5) is 0 Å². The summed E-state index contributed by atoms with van der Waals surface area (Å²) in [5.74, 6) is 1.26. The van der Waals surface area contributed by atoms with E-state index in [-0.39, 0.29) is 5.91 Å². The van der Waals surface area contributed by atoms with Gasteiger partial charge in [-0.05, 0) is 54.4 Å². The minimum atomic E-state index is -0.0474. The zero-order valence-corrected chi connectivity index (χ0v) is 16.4. The highest BCUT2D eigenvalue weighted by Gasteiger charge is 2.27. The molecule has 0 saturated heterocycles. The highest BCUT2D eigenvalue weighted by molar-refractivity contribution is 7.80. The smallest absolute Gasteiger partial charge is 0.238 e. The maximum Gasteiger partial charge on any atom is 0.238 e. The summed E-state index contributed by atoms with van der Waals surface area (Å²) in [5.41, 5.74) is 8.03. The first-order valence-electron chi connectivity index (χ1n) is 9.42. The van der Waals surface area contributed by atoms with Crippen LogP contribution in [0.3, 0.4) is 0 Å². The number of rotatable bonds is 5. The lowest BCUT2D eigenvalue weighted by molar-refractivity contribution is -0.121. The molecule has 1 fully saturated rings. The van der Waals surface area contributed by atoms with Crippen molar-refractivity contribution in [3.05, 3.63) is 35.4 Å². The number of carbonyl (C=O) groups excluding carboxylic acids is 1. The number of benzene rings is 1. The third kappa shape index (κ3) is 6.31. The molecule has 3 N–H and O–H groups in total. The second kappa shape index (κ2) is 9.76. The summed E-state index contributed by atoms with van der Waals surface area (Å²) in [6, 6.07) is 8.82. The Labute approximate surface area is 157 Å². The second-order valence-corrected chi connectivity index (χ2v) is 7.60. The predicted octanol–water partition coefficient (Wildman–Crippen LogP) is 3.50. The van der Waals surface area contributed by atoms with Crippen LogP contribution < -0.4 is 16.2 Å². The average molecular weight is 362 g/mol. The van der Waals surface area contributed by atoms with Crippen LogP contribution in [0.5, 0.6) is 0 Å². The number of amides is 1. The molecule has 2 rings (SSSR count). The van der Waals surface area contributed by atoms with Crippen LogP contribution in [0.2, 0.25) is 0 Å². The van der Waals surface area contributed by atoms with Gasteiger partial charge in [-0.25, -0.2) is 0 Å². The molecule has 3 atom stereocenters. The molecule has 138 valence electrons. The van der Waals surface area contributed by atoms with Crippen molar-refractivity contribution in [1.29, 1.82) is 0 Å². The lowest BCUT2D eigenvalue weighted by Crippen LogP contribution is -2.52. The molecule has 0 unspecified atom stereocenters. The van der Waals surface area contributed by atoms with E-state index in [1.807, 2.05) is 0 Å².